The fourth-order valence-electron chi connectivity index (χ4n) is 3.14. The topological polar surface area (TPSA) is 58.9 Å². The summed E-state index contributed by atoms with van der Waals surface area (Å²) in [5.41, 5.74) is -1.04. The molecular formula is C13H20N2O2. The molecule has 0 aromatic rings. The number of isocyanates is 2. The van der Waals surface area contributed by atoms with Crippen molar-refractivity contribution >= 4 is 12.2 Å². The lowest BCUT2D eigenvalue weighted by molar-refractivity contribution is 0.140. The summed E-state index contributed by atoms with van der Waals surface area (Å²) in [5, 5.41) is 0. The minimum absolute atomic E-state index is 0.155. The zero-order valence-corrected chi connectivity index (χ0v) is 10.7. The average molecular weight is 236 g/mol. The van der Waals surface area contributed by atoms with Crippen LogP contribution in [0.1, 0.15) is 58.8 Å². The van der Waals surface area contributed by atoms with Gasteiger partial charge in [0.15, 0.2) is 5.66 Å². The third-order valence-electron chi connectivity index (χ3n) is 4.18. The smallest absolute Gasteiger partial charge is 0.211 e. The lowest BCUT2D eigenvalue weighted by Crippen LogP contribution is -2.40. The van der Waals surface area contributed by atoms with Crippen molar-refractivity contribution in [2.75, 3.05) is 0 Å². The molecule has 4 nitrogen and oxygen atoms in total. The van der Waals surface area contributed by atoms with E-state index in [-0.39, 0.29) is 5.41 Å². The third kappa shape index (κ3) is 2.38. The Kier molecular flexibility index (Phi) is 4.80. The second-order valence-electron chi connectivity index (χ2n) is 4.81. The summed E-state index contributed by atoms with van der Waals surface area (Å²) in [5.74, 6) is 0. The zero-order chi connectivity index (χ0) is 12.8. The summed E-state index contributed by atoms with van der Waals surface area (Å²) >= 11 is 0. The van der Waals surface area contributed by atoms with Crippen molar-refractivity contribution in [3.05, 3.63) is 0 Å². The fourth-order valence-corrected chi connectivity index (χ4v) is 3.14. The zero-order valence-electron chi connectivity index (χ0n) is 10.7. The van der Waals surface area contributed by atoms with Gasteiger partial charge in [0, 0.05) is 5.41 Å². The maximum absolute atomic E-state index is 10.6. The molecule has 1 atom stereocenters. The standard InChI is InChI=1S/C13H20N2O2/c1-3-5-7-12(4-2)8-6-9-13(12,14-10-16)15-11-17/h3-9H2,1-2H3. The number of nitrogens with zero attached hydrogens (tertiary/aromatic N) is 2. The number of hydrogen-bond donors (Lipinski definition) is 0. The normalized spacial score (nSPS) is 31.6. The third-order valence-corrected chi connectivity index (χ3v) is 4.18. The largest absolute Gasteiger partial charge is 0.237 e. The molecule has 0 aromatic carbocycles. The number of hydrogen-bond acceptors (Lipinski definition) is 4. The Bertz CT molecular complexity index is 336. The molecule has 1 saturated carbocycles. The first-order chi connectivity index (χ1) is 8.20. The second kappa shape index (κ2) is 5.90. The van der Waals surface area contributed by atoms with Crippen LogP contribution in [0.2, 0.25) is 0 Å². The minimum atomic E-state index is -0.888. The van der Waals surface area contributed by atoms with Gasteiger partial charge < -0.3 is 0 Å². The lowest BCUT2D eigenvalue weighted by Gasteiger charge is -2.38. The Hall–Kier alpha value is -1.24. The van der Waals surface area contributed by atoms with Gasteiger partial charge in [0.05, 0.1) is 0 Å². The molecule has 0 saturated heterocycles. The average Bonchev–Trinajstić information content (AvgIpc) is 2.67. The summed E-state index contributed by atoms with van der Waals surface area (Å²) in [7, 11) is 0. The van der Waals surface area contributed by atoms with Crippen LogP contribution in [0.5, 0.6) is 0 Å². The maximum Gasteiger partial charge on any atom is 0.237 e. The maximum atomic E-state index is 10.6. The molecule has 94 valence electrons. The van der Waals surface area contributed by atoms with Gasteiger partial charge in [-0.05, 0) is 32.1 Å². The highest BCUT2D eigenvalue weighted by atomic mass is 16.1. The van der Waals surface area contributed by atoms with Gasteiger partial charge >= 0.3 is 0 Å². The monoisotopic (exact) mass is 236 g/mol. The van der Waals surface area contributed by atoms with Crippen molar-refractivity contribution in [2.45, 2.75) is 64.5 Å². The molecule has 17 heavy (non-hydrogen) atoms. The molecule has 0 spiro atoms. The first kappa shape index (κ1) is 13.8. The Morgan fingerprint density at radius 1 is 1.12 bits per heavy atom. The van der Waals surface area contributed by atoms with E-state index in [4.69, 9.17) is 0 Å². The molecule has 4 heteroatoms. The number of carbonyl (C=O) groups excluding carboxylic acids is 2. The van der Waals surface area contributed by atoms with E-state index in [2.05, 4.69) is 23.8 Å². The summed E-state index contributed by atoms with van der Waals surface area (Å²) in [6, 6.07) is 0. The fraction of sp³-hybridized carbons (Fsp3) is 0.846. The summed E-state index contributed by atoms with van der Waals surface area (Å²) in [4.78, 5) is 29.0. The van der Waals surface area contributed by atoms with Crippen molar-refractivity contribution in [3.8, 4) is 0 Å². The van der Waals surface area contributed by atoms with Gasteiger partial charge in [0.2, 0.25) is 12.2 Å². The molecular weight excluding hydrogens is 216 g/mol. The van der Waals surface area contributed by atoms with Crippen LogP contribution in [0, 0.1) is 5.41 Å². The van der Waals surface area contributed by atoms with Crippen molar-refractivity contribution < 1.29 is 9.59 Å². The van der Waals surface area contributed by atoms with Crippen LogP contribution in [0.4, 0.5) is 0 Å². The van der Waals surface area contributed by atoms with Crippen molar-refractivity contribution in [3.63, 3.8) is 0 Å². The Balaban J connectivity index is 3.15. The molecule has 1 aliphatic carbocycles. The summed E-state index contributed by atoms with van der Waals surface area (Å²) in [6.07, 6.45) is 9.78. The van der Waals surface area contributed by atoms with E-state index in [1.54, 1.807) is 12.2 Å². The van der Waals surface area contributed by atoms with Crippen LogP contribution >= 0.6 is 0 Å². The van der Waals surface area contributed by atoms with E-state index in [1.807, 2.05) is 0 Å². The van der Waals surface area contributed by atoms with E-state index in [0.717, 1.165) is 38.5 Å². The van der Waals surface area contributed by atoms with E-state index in [0.29, 0.717) is 6.42 Å². The highest BCUT2D eigenvalue weighted by molar-refractivity contribution is 5.40. The van der Waals surface area contributed by atoms with Gasteiger partial charge in [-0.3, -0.25) is 0 Å². The summed E-state index contributed by atoms with van der Waals surface area (Å²) in [6.45, 7) is 4.21. The van der Waals surface area contributed by atoms with Crippen LogP contribution in [-0.2, 0) is 9.59 Å². The second-order valence-corrected chi connectivity index (χ2v) is 4.81. The van der Waals surface area contributed by atoms with Gasteiger partial charge in [-0.2, -0.15) is 9.98 Å². The SMILES string of the molecule is CCCCC1(CC)CCCC1(N=C=O)N=C=O. The predicted octanol–water partition coefficient (Wildman–Crippen LogP) is 3.12. The van der Waals surface area contributed by atoms with E-state index in [9.17, 15) is 9.59 Å². The molecule has 1 rings (SSSR count). The number of rotatable bonds is 6. The highest BCUT2D eigenvalue weighted by Crippen LogP contribution is 2.54. The molecule has 1 aliphatic rings. The molecule has 1 fully saturated rings. The van der Waals surface area contributed by atoms with Gasteiger partial charge in [-0.15, -0.1) is 0 Å². The van der Waals surface area contributed by atoms with Gasteiger partial charge in [0.25, 0.3) is 0 Å². The quantitative estimate of drug-likeness (QED) is 0.525. The molecule has 0 amide bonds. The van der Waals surface area contributed by atoms with Crippen molar-refractivity contribution in [1.29, 1.82) is 0 Å². The van der Waals surface area contributed by atoms with E-state index in [1.165, 1.54) is 0 Å². The van der Waals surface area contributed by atoms with Gasteiger partial charge in [-0.1, -0.05) is 26.7 Å². The lowest BCUT2D eigenvalue weighted by atomic mass is 9.72. The van der Waals surface area contributed by atoms with Gasteiger partial charge in [-0.25, -0.2) is 9.59 Å². The molecule has 0 bridgehead atoms. The Morgan fingerprint density at radius 3 is 2.24 bits per heavy atom. The molecule has 0 aliphatic heterocycles. The van der Waals surface area contributed by atoms with Crippen LogP contribution in [0.25, 0.3) is 0 Å². The van der Waals surface area contributed by atoms with Gasteiger partial charge in [0.1, 0.15) is 0 Å². The molecule has 1 unspecified atom stereocenters. The molecule has 0 aromatic heterocycles. The number of aliphatic imine (C=N–C) groups is 2. The Labute approximate surface area is 102 Å². The van der Waals surface area contributed by atoms with Crippen LogP contribution in [0.3, 0.4) is 0 Å². The first-order valence-electron chi connectivity index (χ1n) is 6.38. The molecule has 0 radical (unpaired) electrons. The minimum Gasteiger partial charge on any atom is -0.211 e. The van der Waals surface area contributed by atoms with Crippen molar-refractivity contribution in [2.24, 2.45) is 15.4 Å². The highest BCUT2D eigenvalue weighted by Gasteiger charge is 2.54. The first-order valence-corrected chi connectivity index (χ1v) is 6.38. The number of unbranched alkanes of at least 4 members (excludes halogenated alkanes) is 1. The van der Waals surface area contributed by atoms with E-state index >= 15 is 0 Å². The summed E-state index contributed by atoms with van der Waals surface area (Å²) < 4.78 is 0. The molecule has 0 heterocycles. The van der Waals surface area contributed by atoms with Crippen LogP contribution in [0.15, 0.2) is 9.98 Å². The Morgan fingerprint density at radius 2 is 1.76 bits per heavy atom. The molecule has 0 N–H and O–H groups in total. The van der Waals surface area contributed by atoms with E-state index < -0.39 is 5.66 Å². The predicted molar refractivity (Wildman–Crippen MR) is 65.1 cm³/mol. The van der Waals surface area contributed by atoms with Crippen molar-refractivity contribution in [1.82, 2.24) is 0 Å². The van der Waals surface area contributed by atoms with Crippen LogP contribution < -0.4 is 0 Å². The van der Waals surface area contributed by atoms with Crippen LogP contribution in [-0.4, -0.2) is 17.8 Å².